The normalized spacial score (nSPS) is 10.2. The lowest BCUT2D eigenvalue weighted by Crippen LogP contribution is -2.13. The van der Waals surface area contributed by atoms with E-state index in [0.717, 1.165) is 0 Å². The van der Waals surface area contributed by atoms with Gasteiger partial charge in [-0.3, -0.25) is 0 Å². The number of aromatic hydroxyl groups is 2. The van der Waals surface area contributed by atoms with Crippen LogP contribution in [0.2, 0.25) is 20.4 Å². The fourth-order valence-electron chi connectivity index (χ4n) is 7.74. The van der Waals surface area contributed by atoms with Crippen molar-refractivity contribution in [2.24, 2.45) is 0 Å². The van der Waals surface area contributed by atoms with Gasteiger partial charge in [-0.1, -0.05) is 131 Å². The summed E-state index contributed by atoms with van der Waals surface area (Å²) in [7, 11) is 0. The predicted octanol–water partition coefficient (Wildman–Crippen LogP) is 15.6. The quantitative estimate of drug-likeness (QED) is 0.0325. The van der Waals surface area contributed by atoms with Crippen LogP contribution >= 0.6 is 46.4 Å². The van der Waals surface area contributed by atoms with E-state index in [9.17, 15) is 33.1 Å². The summed E-state index contributed by atoms with van der Waals surface area (Å²) < 4.78 is 49.2. The Balaban J connectivity index is 0.000000173. The molecule has 5 N–H and O–H groups in total. The van der Waals surface area contributed by atoms with E-state index >= 15 is 0 Å². The Morgan fingerprint density at radius 3 is 1.21 bits per heavy atom. The topological polar surface area (TPSA) is 285 Å². The third-order valence-corrected chi connectivity index (χ3v) is 13.3. The van der Waals surface area contributed by atoms with Gasteiger partial charge in [-0.05, 0) is 91.0 Å². The minimum atomic E-state index is -0.663. The van der Waals surface area contributed by atoms with Crippen molar-refractivity contribution in [1.29, 1.82) is 5.26 Å². The van der Waals surface area contributed by atoms with Crippen molar-refractivity contribution in [2.75, 3.05) is 11.1 Å². The molecule has 0 aliphatic rings. The number of rotatable bonds is 10. The molecule has 3 aromatic heterocycles. The average molecular weight is 1300 g/mol. The highest BCUT2D eigenvalue weighted by Gasteiger charge is 2.22. The van der Waals surface area contributed by atoms with Crippen molar-refractivity contribution in [1.82, 2.24) is 29.9 Å². The van der Waals surface area contributed by atoms with Crippen LogP contribution in [0.15, 0.2) is 213 Å². The summed E-state index contributed by atoms with van der Waals surface area (Å²) in [5, 5.41) is 30.4. The minimum absolute atomic E-state index is 0.0239. The Labute approximate surface area is 535 Å². The molecule has 3 heterocycles. The maximum Gasteiger partial charge on any atom is 0.343 e. The van der Waals surface area contributed by atoms with Gasteiger partial charge in [0.15, 0.2) is 46.1 Å². The van der Waals surface area contributed by atoms with E-state index in [4.69, 9.17) is 81.5 Å². The van der Waals surface area contributed by atoms with Crippen LogP contribution in [0.4, 0.5) is 26.0 Å². The van der Waals surface area contributed by atoms with Gasteiger partial charge >= 0.3 is 23.9 Å². The summed E-state index contributed by atoms with van der Waals surface area (Å²) in [6, 6.07) is 53.0. The third kappa shape index (κ3) is 17.4. The molecule has 0 atom stereocenters. The van der Waals surface area contributed by atoms with E-state index in [2.05, 4.69) is 35.2 Å². The van der Waals surface area contributed by atoms with E-state index in [-0.39, 0.29) is 72.0 Å². The molecular weight excluding hydrogens is 1260 g/mol. The van der Waals surface area contributed by atoms with Gasteiger partial charge in [-0.15, -0.1) is 0 Å². The largest absolute Gasteiger partial charge is 0.504 e. The number of nitriles is 1. The molecule has 12 rings (SSSR count). The maximum atomic E-state index is 14.5. The number of hydrogen-bond acceptors (Lipinski definition) is 19. The molecule has 0 saturated carbocycles. The van der Waals surface area contributed by atoms with Gasteiger partial charge in [-0.25, -0.2) is 57.9 Å². The van der Waals surface area contributed by atoms with Crippen LogP contribution < -0.4 is 30.0 Å². The summed E-state index contributed by atoms with van der Waals surface area (Å²) in [6.07, 6.45) is 3.86. The van der Waals surface area contributed by atoms with Gasteiger partial charge in [0, 0.05) is 41.3 Å². The van der Waals surface area contributed by atoms with E-state index in [1.54, 1.807) is 140 Å². The van der Waals surface area contributed by atoms with Crippen molar-refractivity contribution in [3.05, 3.63) is 267 Å². The van der Waals surface area contributed by atoms with Crippen molar-refractivity contribution >= 4 is 120 Å². The number of carbonyl (C=O) groups excluding carboxylic acids is 4. The number of anilines is 3. The minimum Gasteiger partial charge on any atom is -0.504 e. The number of halogens is 6. The molecule has 454 valence electrons. The number of benzene rings is 9. The molecule has 0 spiro atoms. The first-order valence-electron chi connectivity index (χ1n) is 26.3. The summed E-state index contributed by atoms with van der Waals surface area (Å²) in [4.78, 5) is 74.8. The molecule has 0 saturated heterocycles. The van der Waals surface area contributed by atoms with Crippen LogP contribution in [0.1, 0.15) is 48.4 Å². The smallest absolute Gasteiger partial charge is 0.343 e. The first kappa shape index (κ1) is 65.6. The Morgan fingerprint density at radius 2 is 0.791 bits per heavy atom. The summed E-state index contributed by atoms with van der Waals surface area (Å²) in [5.41, 5.74) is 7.95. The Kier molecular flexibility index (Phi) is 22.7. The third-order valence-electron chi connectivity index (χ3n) is 12.1. The summed E-state index contributed by atoms with van der Waals surface area (Å²) in [6.45, 7) is 1.43. The molecule has 0 aliphatic heterocycles. The fourth-order valence-corrected chi connectivity index (χ4v) is 8.49. The standard InChI is InChI=1S/C28H17ClFN3O4.C22H13ClN2O4.C8H5ClN2O2.C6H5ClFN.C2H3N/c29-20-12-7-13-21(25(20)30)33-26-19-14-23(36-27(34)17-8-3-1-4-9-17)24(15-22(19)31-16-32-26)37-28(35)18-10-5-2-6-11-18;23-20-16-11-18(28-21(26)14-7-3-1-4-8-14)19(12-17(16)24-13-25-20)29-22(27)15-9-5-2-6-10-15;9-8-4-1-6(12)7(13)2-5(4)10-3-11-8;7-4-2-1-3-5(9)6(4)8;1-2-3/h1-16H,(H,31,32,33);1-13H;1-3,12-13H;1-3H,9H2;1H3. The van der Waals surface area contributed by atoms with Gasteiger partial charge in [-0.2, -0.15) is 5.26 Å². The molecule has 0 unspecified atom stereocenters. The van der Waals surface area contributed by atoms with Crippen LogP contribution in [-0.4, -0.2) is 64.0 Å². The van der Waals surface area contributed by atoms with E-state index < -0.39 is 35.5 Å². The van der Waals surface area contributed by atoms with Crippen LogP contribution in [0.25, 0.3) is 32.7 Å². The number of hydrogen-bond donors (Lipinski definition) is 4. The lowest BCUT2D eigenvalue weighted by atomic mass is 10.2. The number of nitrogen functional groups attached to an aromatic ring is 1. The number of fused-ring (bicyclic) bond motifs is 3. The Bertz CT molecular complexity index is 4630. The van der Waals surface area contributed by atoms with Gasteiger partial charge in [0.1, 0.15) is 35.1 Å². The second kappa shape index (κ2) is 31.5. The molecule has 0 fully saturated rings. The van der Waals surface area contributed by atoms with Crippen LogP contribution in [0.5, 0.6) is 34.5 Å². The maximum absolute atomic E-state index is 14.5. The zero-order valence-corrected chi connectivity index (χ0v) is 49.9. The lowest BCUT2D eigenvalue weighted by molar-refractivity contribution is 0.0683. The average Bonchev–Trinajstić information content (AvgIpc) is 0.947. The van der Waals surface area contributed by atoms with Crippen LogP contribution in [0, 0.1) is 23.0 Å². The molecule has 91 heavy (non-hydrogen) atoms. The molecule has 25 heteroatoms. The molecule has 9 aromatic carbocycles. The van der Waals surface area contributed by atoms with Gasteiger partial charge < -0.3 is 40.2 Å². The van der Waals surface area contributed by atoms with Crippen molar-refractivity contribution in [3.63, 3.8) is 0 Å². The zero-order chi connectivity index (χ0) is 65.0. The summed E-state index contributed by atoms with van der Waals surface area (Å²) in [5.74, 6) is -3.92. The monoisotopic (exact) mass is 1300 g/mol. The van der Waals surface area contributed by atoms with Crippen molar-refractivity contribution in [3.8, 4) is 40.6 Å². The highest BCUT2D eigenvalue weighted by atomic mass is 35.5. The molecule has 0 bridgehead atoms. The summed E-state index contributed by atoms with van der Waals surface area (Å²) >= 11 is 23.1. The van der Waals surface area contributed by atoms with E-state index in [1.807, 2.05) is 0 Å². The van der Waals surface area contributed by atoms with Gasteiger partial charge in [0.05, 0.1) is 66.3 Å². The van der Waals surface area contributed by atoms with Crippen molar-refractivity contribution < 1.29 is 57.1 Å². The SMILES string of the molecule is CC#N.Nc1cccc(Cl)c1F.O=C(Oc1cc2ncnc(Cl)c2cc1OC(=O)c1ccccc1)c1ccccc1.O=C(Oc1cc2ncnc(Nc3cccc(Cl)c3F)c2cc1OC(=O)c1ccccc1)c1ccccc1.Oc1cc2ncnc(Cl)c2cc1O. The van der Waals surface area contributed by atoms with Crippen molar-refractivity contribution in [2.45, 2.75) is 6.92 Å². The number of ether oxygens (including phenoxy) is 4. The highest BCUT2D eigenvalue weighted by molar-refractivity contribution is 6.34. The second-order valence-corrected chi connectivity index (χ2v) is 19.7. The Hall–Kier alpha value is -11.4. The van der Waals surface area contributed by atoms with E-state index in [1.165, 1.54) is 86.6 Å². The van der Waals surface area contributed by atoms with Gasteiger partial charge in [0.2, 0.25) is 0 Å². The Morgan fingerprint density at radius 1 is 0.451 bits per heavy atom. The number of carbonyl (C=O) groups is 4. The first-order chi connectivity index (χ1) is 43.9. The fraction of sp³-hybridized carbons (Fsp3) is 0.0152. The second-order valence-electron chi connectivity index (χ2n) is 18.2. The number of aromatic nitrogens is 6. The number of nitrogens with two attached hydrogens (primary N) is 1. The highest BCUT2D eigenvalue weighted by Crippen LogP contribution is 2.38. The van der Waals surface area contributed by atoms with Gasteiger partial charge in [0.25, 0.3) is 0 Å². The predicted molar refractivity (Wildman–Crippen MR) is 339 cm³/mol. The molecule has 12 aromatic rings. The number of phenols is 2. The number of esters is 4. The van der Waals surface area contributed by atoms with Crippen LogP contribution in [-0.2, 0) is 0 Å². The number of nitrogens with zero attached hydrogens (tertiary/aromatic N) is 7. The molecule has 0 aliphatic carbocycles. The number of nitrogens with one attached hydrogen (secondary N) is 1. The molecular formula is C66H43Cl4F2N9O10. The lowest BCUT2D eigenvalue weighted by Gasteiger charge is -2.14. The van der Waals surface area contributed by atoms with E-state index in [0.29, 0.717) is 55.0 Å². The number of phenolic OH excluding ortho intramolecular Hbond substituents is 2. The van der Waals surface area contributed by atoms with Crippen LogP contribution in [0.3, 0.4) is 0 Å². The molecule has 19 nitrogen and oxygen atoms in total. The molecule has 0 radical (unpaired) electrons. The first-order valence-corrected chi connectivity index (χ1v) is 27.8. The zero-order valence-electron chi connectivity index (χ0n) is 46.8. The molecule has 0 amide bonds.